The first-order chi connectivity index (χ1) is 10.6. The summed E-state index contributed by atoms with van der Waals surface area (Å²) >= 11 is 0. The van der Waals surface area contributed by atoms with Crippen LogP contribution in [0.15, 0.2) is 12.1 Å². The molecule has 1 fully saturated rings. The molecule has 2 rings (SSSR count). The van der Waals surface area contributed by atoms with E-state index >= 15 is 0 Å². The minimum atomic E-state index is -4.17. The summed E-state index contributed by atoms with van der Waals surface area (Å²) in [6.07, 6.45) is -0.365. The fourth-order valence-electron chi connectivity index (χ4n) is 2.90. The second-order valence-electron chi connectivity index (χ2n) is 5.45. The molecular weight excluding hydrogens is 326 g/mol. The first-order valence-corrected chi connectivity index (χ1v) is 6.77. The number of hydrogen-bond donors (Lipinski definition) is 1. The third-order valence-corrected chi connectivity index (χ3v) is 4.02. The Morgan fingerprint density at radius 1 is 1.26 bits per heavy atom. The van der Waals surface area contributed by atoms with E-state index in [0.717, 1.165) is 6.92 Å². The smallest absolute Gasteiger partial charge is 0.320 e. The highest BCUT2D eigenvalue weighted by atomic mass is 19.3. The maximum atomic E-state index is 13.9. The highest BCUT2D eigenvalue weighted by Gasteiger charge is 2.51. The van der Waals surface area contributed by atoms with Gasteiger partial charge in [-0.3, -0.25) is 9.69 Å². The molecule has 1 aromatic carbocycles. The van der Waals surface area contributed by atoms with Gasteiger partial charge in [-0.05, 0) is 25.5 Å². The minimum Gasteiger partial charge on any atom is -0.320 e. The van der Waals surface area contributed by atoms with E-state index < -0.39 is 59.6 Å². The van der Waals surface area contributed by atoms with Crippen LogP contribution in [0, 0.1) is 17.5 Å². The quantitative estimate of drug-likeness (QED) is 0.522. The van der Waals surface area contributed by atoms with Crippen molar-refractivity contribution in [2.24, 2.45) is 5.73 Å². The number of likely N-dealkylation sites (tertiary alicyclic amines) is 1. The van der Waals surface area contributed by atoms with Gasteiger partial charge < -0.3 is 5.73 Å². The van der Waals surface area contributed by atoms with Crippen LogP contribution >= 0.6 is 0 Å². The highest BCUT2D eigenvalue weighted by molar-refractivity contribution is 5.83. The molecule has 0 bridgehead atoms. The number of nitrogens with zero attached hydrogens (tertiary/aromatic N) is 1. The zero-order valence-corrected chi connectivity index (χ0v) is 12.0. The number of carbonyl (C=O) groups is 1. The second-order valence-corrected chi connectivity index (χ2v) is 5.45. The van der Waals surface area contributed by atoms with E-state index in [4.69, 9.17) is 5.73 Å². The topological polar surface area (TPSA) is 46.3 Å². The van der Waals surface area contributed by atoms with E-state index in [0.29, 0.717) is 12.1 Å². The van der Waals surface area contributed by atoms with Crippen molar-refractivity contribution in [1.82, 2.24) is 4.90 Å². The predicted molar refractivity (Wildman–Crippen MR) is 68.9 cm³/mol. The molecule has 1 aromatic rings. The van der Waals surface area contributed by atoms with Crippen molar-refractivity contribution in [3.05, 3.63) is 35.1 Å². The first kappa shape index (κ1) is 17.6. The highest BCUT2D eigenvalue weighted by Crippen LogP contribution is 2.40. The zero-order valence-electron chi connectivity index (χ0n) is 12.0. The van der Waals surface area contributed by atoms with Gasteiger partial charge in [0.15, 0.2) is 18.3 Å². The molecule has 1 aliphatic rings. The average Bonchev–Trinajstić information content (AvgIpc) is 2.48. The van der Waals surface area contributed by atoms with Crippen LogP contribution in [0.2, 0.25) is 0 Å². The van der Waals surface area contributed by atoms with Crippen molar-refractivity contribution in [2.75, 3.05) is 6.67 Å². The van der Waals surface area contributed by atoms with Gasteiger partial charge in [0.25, 0.3) is 0 Å². The normalized spacial score (nSPS) is 25.8. The maximum Gasteiger partial charge on any atom is 0.356 e. The molecule has 2 N–H and O–H groups in total. The summed E-state index contributed by atoms with van der Waals surface area (Å²) in [7, 11) is 0. The Hall–Kier alpha value is -1.77. The molecule has 0 aromatic heterocycles. The van der Waals surface area contributed by atoms with Gasteiger partial charge in [0.05, 0.1) is 6.04 Å². The summed E-state index contributed by atoms with van der Waals surface area (Å²) in [5.41, 5.74) is 4.68. The summed E-state index contributed by atoms with van der Waals surface area (Å²) in [5, 5.41) is 0. The maximum absolute atomic E-state index is 13.9. The number of carbonyl (C=O) groups excluding carboxylic acids is 1. The van der Waals surface area contributed by atoms with Crippen LogP contribution in [-0.4, -0.2) is 35.6 Å². The van der Waals surface area contributed by atoms with Gasteiger partial charge >= 0.3 is 6.05 Å². The van der Waals surface area contributed by atoms with Crippen molar-refractivity contribution in [3.8, 4) is 0 Å². The van der Waals surface area contributed by atoms with Gasteiger partial charge in [-0.1, -0.05) is 0 Å². The second kappa shape index (κ2) is 6.03. The van der Waals surface area contributed by atoms with Crippen molar-refractivity contribution >= 4 is 5.91 Å². The average molecular weight is 340 g/mol. The molecule has 0 spiro atoms. The predicted octanol–water partition coefficient (Wildman–Crippen LogP) is 2.70. The van der Waals surface area contributed by atoms with Crippen molar-refractivity contribution in [2.45, 2.75) is 37.4 Å². The number of hydrogen-bond acceptors (Lipinski definition) is 2. The van der Waals surface area contributed by atoms with Crippen LogP contribution in [0.5, 0.6) is 0 Å². The summed E-state index contributed by atoms with van der Waals surface area (Å²) < 4.78 is 81.2. The zero-order chi connectivity index (χ0) is 17.5. The van der Waals surface area contributed by atoms with Crippen LogP contribution < -0.4 is 5.73 Å². The largest absolute Gasteiger partial charge is 0.356 e. The number of benzene rings is 1. The third-order valence-electron chi connectivity index (χ3n) is 4.02. The van der Waals surface area contributed by atoms with Crippen LogP contribution in [-0.2, 0) is 4.79 Å². The third kappa shape index (κ3) is 2.89. The van der Waals surface area contributed by atoms with E-state index in [1.165, 1.54) is 0 Å². The lowest BCUT2D eigenvalue weighted by molar-refractivity contribution is -0.197. The number of amides is 1. The van der Waals surface area contributed by atoms with Gasteiger partial charge in [0.2, 0.25) is 5.91 Å². The molecule has 9 heteroatoms. The summed E-state index contributed by atoms with van der Waals surface area (Å²) in [4.78, 5) is 11.7. The molecule has 0 radical (unpaired) electrons. The molecular formula is C14H14F6N2O. The van der Waals surface area contributed by atoms with Gasteiger partial charge in [-0.25, -0.2) is 17.6 Å². The molecule has 3 atom stereocenters. The molecule has 23 heavy (non-hydrogen) atoms. The van der Waals surface area contributed by atoms with Crippen LogP contribution in [0.3, 0.4) is 0 Å². The SMILES string of the molecule is C[C@@H]1[C@H](c2c(F)ccc(F)c2F)C[C@H](N)C(=O)N1C(F)(F)CF. The van der Waals surface area contributed by atoms with Crippen molar-refractivity contribution in [3.63, 3.8) is 0 Å². The Labute approximate surface area is 128 Å². The van der Waals surface area contributed by atoms with Gasteiger partial charge in [0, 0.05) is 17.5 Å². The fourth-order valence-corrected chi connectivity index (χ4v) is 2.90. The van der Waals surface area contributed by atoms with Gasteiger partial charge in [-0.2, -0.15) is 8.78 Å². The molecule has 1 aliphatic heterocycles. The van der Waals surface area contributed by atoms with E-state index in [1.807, 2.05) is 0 Å². The standard InChI is InChI=1S/C14H14F6N2O/c1-6-7(11-8(16)2-3-9(17)12(11)18)4-10(21)13(23)22(6)14(19,20)5-15/h2-3,6-7,10H,4-5,21H2,1H3/t6-,7-,10+/m1/s1. The van der Waals surface area contributed by atoms with E-state index in [9.17, 15) is 31.1 Å². The van der Waals surface area contributed by atoms with Crippen LogP contribution in [0.1, 0.15) is 24.8 Å². The van der Waals surface area contributed by atoms with Crippen LogP contribution in [0.25, 0.3) is 0 Å². The molecule has 1 saturated heterocycles. The number of alkyl halides is 3. The van der Waals surface area contributed by atoms with Gasteiger partial charge in [0.1, 0.15) is 5.82 Å². The molecule has 3 nitrogen and oxygen atoms in total. The Morgan fingerprint density at radius 2 is 1.83 bits per heavy atom. The van der Waals surface area contributed by atoms with Crippen molar-refractivity contribution < 1.29 is 31.1 Å². The lowest BCUT2D eigenvalue weighted by Gasteiger charge is -2.44. The van der Waals surface area contributed by atoms with Gasteiger partial charge in [-0.15, -0.1) is 0 Å². The van der Waals surface area contributed by atoms with E-state index in [2.05, 4.69) is 0 Å². The fraction of sp³-hybridized carbons (Fsp3) is 0.500. The monoisotopic (exact) mass is 340 g/mol. The van der Waals surface area contributed by atoms with E-state index in [-0.39, 0.29) is 11.3 Å². The summed E-state index contributed by atoms with van der Waals surface area (Å²) in [6.45, 7) is -1.08. The number of nitrogens with two attached hydrogens (primary N) is 1. The summed E-state index contributed by atoms with van der Waals surface area (Å²) in [5.74, 6) is -6.61. The van der Waals surface area contributed by atoms with E-state index in [1.54, 1.807) is 0 Å². The Balaban J connectivity index is 2.53. The molecule has 0 saturated carbocycles. The van der Waals surface area contributed by atoms with Crippen molar-refractivity contribution in [1.29, 1.82) is 0 Å². The summed E-state index contributed by atoms with van der Waals surface area (Å²) in [6, 6.07) is -5.94. The minimum absolute atomic E-state index is 0.115. The van der Waals surface area contributed by atoms with Crippen LogP contribution in [0.4, 0.5) is 26.3 Å². The molecule has 0 aliphatic carbocycles. The number of halogens is 6. The first-order valence-electron chi connectivity index (χ1n) is 6.77. The molecule has 128 valence electrons. The molecule has 1 heterocycles. The number of piperidine rings is 1. The molecule has 0 unspecified atom stereocenters. The lowest BCUT2D eigenvalue weighted by Crippen LogP contribution is -2.62. The Kier molecular flexibility index (Phi) is 4.61. The Bertz CT molecular complexity index is 624. The molecule has 1 amide bonds. The lowest BCUT2D eigenvalue weighted by atomic mass is 9.81. The number of rotatable bonds is 3. The Morgan fingerprint density at radius 3 is 2.39 bits per heavy atom.